The van der Waals surface area contributed by atoms with E-state index in [1.54, 1.807) is 67.6 Å². The summed E-state index contributed by atoms with van der Waals surface area (Å²) >= 11 is 0. The van der Waals surface area contributed by atoms with Gasteiger partial charge in [0, 0.05) is 17.7 Å². The van der Waals surface area contributed by atoms with Crippen LogP contribution in [0.1, 0.15) is 44.3 Å². The molecule has 0 aliphatic carbocycles. The van der Waals surface area contributed by atoms with Crippen LogP contribution >= 0.6 is 0 Å². The van der Waals surface area contributed by atoms with E-state index in [-0.39, 0.29) is 34.8 Å². The third-order valence-corrected chi connectivity index (χ3v) is 4.38. The highest BCUT2D eigenvalue weighted by Gasteiger charge is 2.25. The Balaban J connectivity index is 2.17. The van der Waals surface area contributed by atoms with Gasteiger partial charge in [-0.3, -0.25) is 9.59 Å². The molecule has 3 rings (SSSR count). The number of hydrogen-bond acceptors (Lipinski definition) is 5. The van der Waals surface area contributed by atoms with Crippen LogP contribution in [0.4, 0.5) is 0 Å². The number of hydrogen-bond donors (Lipinski definition) is 2. The van der Waals surface area contributed by atoms with Crippen LogP contribution in [0.15, 0.2) is 66.7 Å². The molecule has 5 nitrogen and oxygen atoms in total. The first-order valence-corrected chi connectivity index (χ1v) is 8.89. The highest BCUT2D eigenvalue weighted by Crippen LogP contribution is 2.37. The smallest absolute Gasteiger partial charge is 0.196 e. The van der Waals surface area contributed by atoms with Crippen molar-refractivity contribution in [2.45, 2.75) is 13.5 Å². The van der Waals surface area contributed by atoms with Gasteiger partial charge in [0.2, 0.25) is 0 Å². The Hall–Kier alpha value is -3.44. The number of aromatic hydroxyl groups is 2. The first-order valence-electron chi connectivity index (χ1n) is 8.89. The van der Waals surface area contributed by atoms with Gasteiger partial charge < -0.3 is 14.9 Å². The molecule has 0 spiro atoms. The van der Waals surface area contributed by atoms with E-state index in [0.717, 1.165) is 0 Å². The van der Waals surface area contributed by atoms with E-state index >= 15 is 0 Å². The van der Waals surface area contributed by atoms with Crippen molar-refractivity contribution in [2.75, 3.05) is 6.61 Å². The lowest BCUT2D eigenvalue weighted by atomic mass is 9.93. The summed E-state index contributed by atoms with van der Waals surface area (Å²) in [6.45, 7) is 1.99. The minimum Gasteiger partial charge on any atom is -0.507 e. The Morgan fingerprint density at radius 1 is 0.786 bits per heavy atom. The van der Waals surface area contributed by atoms with Gasteiger partial charge in [-0.05, 0) is 13.0 Å². The molecule has 5 heteroatoms. The molecule has 0 aliphatic rings. The van der Waals surface area contributed by atoms with Gasteiger partial charge in [0.15, 0.2) is 11.6 Å². The van der Waals surface area contributed by atoms with Crippen molar-refractivity contribution < 1.29 is 24.5 Å². The van der Waals surface area contributed by atoms with Gasteiger partial charge in [-0.1, -0.05) is 60.7 Å². The summed E-state index contributed by atoms with van der Waals surface area (Å²) in [4.78, 5) is 25.8. The Morgan fingerprint density at radius 3 is 1.61 bits per heavy atom. The fourth-order valence-electron chi connectivity index (χ4n) is 2.90. The second-order valence-electron chi connectivity index (χ2n) is 6.17. The van der Waals surface area contributed by atoms with Gasteiger partial charge in [0.25, 0.3) is 0 Å². The normalized spacial score (nSPS) is 10.6. The van der Waals surface area contributed by atoms with Gasteiger partial charge >= 0.3 is 0 Å². The lowest BCUT2D eigenvalue weighted by molar-refractivity contribution is 0.103. The van der Waals surface area contributed by atoms with Crippen LogP contribution in [0, 0.1) is 0 Å². The minimum absolute atomic E-state index is 0.0166. The number of carbonyl (C=O) groups excluding carboxylic acids is 2. The quantitative estimate of drug-likeness (QED) is 0.607. The van der Waals surface area contributed by atoms with Crippen molar-refractivity contribution >= 4 is 11.6 Å². The van der Waals surface area contributed by atoms with E-state index < -0.39 is 11.6 Å². The van der Waals surface area contributed by atoms with Crippen LogP contribution in [0.3, 0.4) is 0 Å². The molecule has 0 amide bonds. The number of ether oxygens (including phenoxy) is 1. The van der Waals surface area contributed by atoms with Crippen LogP contribution in [0.5, 0.6) is 11.5 Å². The molecule has 0 heterocycles. The second kappa shape index (κ2) is 8.50. The van der Waals surface area contributed by atoms with Gasteiger partial charge in [0.05, 0.1) is 23.3 Å². The van der Waals surface area contributed by atoms with Crippen molar-refractivity contribution in [2.24, 2.45) is 0 Å². The van der Waals surface area contributed by atoms with Crippen LogP contribution in [-0.2, 0) is 11.3 Å². The molecule has 0 saturated heterocycles. The Morgan fingerprint density at radius 2 is 1.21 bits per heavy atom. The number of ketones is 2. The molecule has 3 aromatic rings. The summed E-state index contributed by atoms with van der Waals surface area (Å²) in [7, 11) is 0. The second-order valence-corrected chi connectivity index (χ2v) is 6.17. The average Bonchev–Trinajstić information content (AvgIpc) is 2.74. The fraction of sp³-hybridized carbons (Fsp3) is 0.130. The summed E-state index contributed by atoms with van der Waals surface area (Å²) in [6, 6.07) is 18.1. The first-order chi connectivity index (χ1) is 13.5. The zero-order valence-corrected chi connectivity index (χ0v) is 15.4. The molecule has 3 aromatic carbocycles. The number of benzene rings is 3. The maximum absolute atomic E-state index is 12.9. The van der Waals surface area contributed by atoms with Crippen molar-refractivity contribution in [3.05, 3.63) is 94.5 Å². The summed E-state index contributed by atoms with van der Waals surface area (Å²) in [6.07, 6.45) is 0. The van der Waals surface area contributed by atoms with E-state index in [0.29, 0.717) is 17.7 Å². The fourth-order valence-corrected chi connectivity index (χ4v) is 2.90. The Kier molecular flexibility index (Phi) is 5.87. The van der Waals surface area contributed by atoms with Crippen molar-refractivity contribution in [3.8, 4) is 11.5 Å². The maximum Gasteiger partial charge on any atom is 0.196 e. The van der Waals surface area contributed by atoms with Crippen LogP contribution in [-0.4, -0.2) is 28.4 Å². The number of phenolic OH excluding ortho intramolecular Hbond substituents is 2. The van der Waals surface area contributed by atoms with Crippen LogP contribution < -0.4 is 0 Å². The molecule has 0 saturated carbocycles. The van der Waals surface area contributed by atoms with E-state index in [1.165, 1.54) is 6.07 Å². The predicted molar refractivity (Wildman–Crippen MR) is 105 cm³/mol. The zero-order chi connectivity index (χ0) is 20.1. The molecule has 28 heavy (non-hydrogen) atoms. The molecule has 0 aromatic heterocycles. The highest BCUT2D eigenvalue weighted by molar-refractivity contribution is 6.15. The molecular formula is C23H20O5. The van der Waals surface area contributed by atoms with E-state index in [4.69, 9.17) is 4.74 Å². The number of rotatable bonds is 7. The summed E-state index contributed by atoms with van der Waals surface area (Å²) in [5.41, 5.74) is 0.631. The average molecular weight is 376 g/mol. The molecule has 0 atom stereocenters. The van der Waals surface area contributed by atoms with Crippen LogP contribution in [0.25, 0.3) is 0 Å². The zero-order valence-electron chi connectivity index (χ0n) is 15.4. The van der Waals surface area contributed by atoms with Crippen molar-refractivity contribution in [3.63, 3.8) is 0 Å². The van der Waals surface area contributed by atoms with E-state index in [9.17, 15) is 19.8 Å². The molecule has 0 radical (unpaired) electrons. The van der Waals surface area contributed by atoms with Crippen LogP contribution in [0.2, 0.25) is 0 Å². The molecule has 0 bridgehead atoms. The minimum atomic E-state index is -0.446. The van der Waals surface area contributed by atoms with Gasteiger partial charge in [-0.2, -0.15) is 0 Å². The van der Waals surface area contributed by atoms with E-state index in [2.05, 4.69) is 0 Å². The highest BCUT2D eigenvalue weighted by atomic mass is 16.5. The molecular weight excluding hydrogens is 356 g/mol. The molecule has 0 aliphatic heterocycles. The first kappa shape index (κ1) is 19.3. The Bertz CT molecular complexity index is 919. The molecule has 0 unspecified atom stereocenters. The number of phenols is 2. The maximum atomic E-state index is 12.9. The molecule has 0 fully saturated rings. The topological polar surface area (TPSA) is 83.8 Å². The van der Waals surface area contributed by atoms with E-state index in [1.807, 2.05) is 0 Å². The SMILES string of the molecule is CCOCc1c(O)c(C(=O)c2ccccc2)cc(C(=O)c2ccccc2)c1O. The summed E-state index contributed by atoms with van der Waals surface area (Å²) in [5, 5.41) is 21.3. The van der Waals surface area contributed by atoms with Gasteiger partial charge in [-0.15, -0.1) is 0 Å². The predicted octanol–water partition coefficient (Wildman–Crippen LogP) is 4.10. The third-order valence-electron chi connectivity index (χ3n) is 4.38. The standard InChI is InChI=1S/C23H20O5/c1-2-28-14-19-22(26)17(20(24)15-9-5-3-6-10-15)13-18(23(19)27)21(25)16-11-7-4-8-12-16/h3-13,26-27H,2,14H2,1H3. The van der Waals surface area contributed by atoms with Gasteiger partial charge in [0.1, 0.15) is 11.5 Å². The summed E-state index contributed by atoms with van der Waals surface area (Å²) < 4.78 is 5.32. The lowest BCUT2D eigenvalue weighted by Crippen LogP contribution is -2.10. The number of carbonyl (C=O) groups is 2. The lowest BCUT2D eigenvalue weighted by Gasteiger charge is -2.15. The largest absolute Gasteiger partial charge is 0.507 e. The van der Waals surface area contributed by atoms with Crippen molar-refractivity contribution in [1.29, 1.82) is 0 Å². The monoisotopic (exact) mass is 376 g/mol. The molecule has 142 valence electrons. The summed E-state index contributed by atoms with van der Waals surface area (Å²) in [5.74, 6) is -1.66. The third kappa shape index (κ3) is 3.80. The molecule has 2 N–H and O–H groups in total. The van der Waals surface area contributed by atoms with Crippen molar-refractivity contribution in [1.82, 2.24) is 0 Å². The Labute approximate surface area is 162 Å². The van der Waals surface area contributed by atoms with Gasteiger partial charge in [-0.25, -0.2) is 0 Å².